The Labute approximate surface area is 251 Å². The predicted octanol–water partition coefficient (Wildman–Crippen LogP) is 9.47. The lowest BCUT2D eigenvalue weighted by atomic mass is 9.98. The molecular formula is C33H24ClIN2O3. The minimum Gasteiger partial charge on any atom is -0.490 e. The zero-order chi connectivity index (χ0) is 27.9. The Morgan fingerprint density at radius 2 is 1.60 bits per heavy atom. The Bertz CT molecular complexity index is 1690. The summed E-state index contributed by atoms with van der Waals surface area (Å²) in [5.41, 5.74) is 4.51. The van der Waals surface area contributed by atoms with Gasteiger partial charge in [0.1, 0.15) is 24.0 Å². The molecule has 0 radical (unpaired) electrons. The molecule has 0 aliphatic rings. The second kappa shape index (κ2) is 12.9. The van der Waals surface area contributed by atoms with Gasteiger partial charge in [-0.15, -0.1) is 0 Å². The quantitative estimate of drug-likeness (QED) is 0.117. The summed E-state index contributed by atoms with van der Waals surface area (Å²) in [6.45, 7) is 2.70. The van der Waals surface area contributed by atoms with Crippen LogP contribution in [0.25, 0.3) is 22.5 Å². The van der Waals surface area contributed by atoms with Crippen LogP contribution in [0.15, 0.2) is 106 Å². The molecule has 1 aromatic heterocycles. The van der Waals surface area contributed by atoms with E-state index in [0.717, 1.165) is 25.8 Å². The summed E-state index contributed by atoms with van der Waals surface area (Å²) in [6.07, 6.45) is 1.67. The van der Waals surface area contributed by atoms with Crippen LogP contribution in [0.1, 0.15) is 23.6 Å². The fraction of sp³-hybridized carbons (Fsp3) is 0.0909. The van der Waals surface area contributed by atoms with Crippen molar-refractivity contribution in [1.82, 2.24) is 0 Å². The van der Waals surface area contributed by atoms with Crippen molar-refractivity contribution in [3.63, 3.8) is 0 Å². The third kappa shape index (κ3) is 6.06. The van der Waals surface area contributed by atoms with Crippen molar-refractivity contribution in [3.05, 3.63) is 122 Å². The molecule has 0 saturated carbocycles. The number of hydrogen-bond acceptors (Lipinski definition) is 5. The van der Waals surface area contributed by atoms with Gasteiger partial charge in [-0.25, -0.2) is 4.99 Å². The van der Waals surface area contributed by atoms with E-state index in [9.17, 15) is 5.26 Å². The van der Waals surface area contributed by atoms with E-state index in [2.05, 4.69) is 33.7 Å². The molecule has 0 fully saturated rings. The molecule has 0 saturated heterocycles. The summed E-state index contributed by atoms with van der Waals surface area (Å²) in [5.74, 6) is 2.07. The third-order valence-electron chi connectivity index (χ3n) is 6.09. The van der Waals surface area contributed by atoms with Crippen LogP contribution in [0, 0.1) is 14.9 Å². The van der Waals surface area contributed by atoms with Gasteiger partial charge < -0.3 is 13.9 Å². The fourth-order valence-electron chi connectivity index (χ4n) is 4.25. The molecule has 0 atom stereocenters. The molecule has 1 heterocycles. The highest BCUT2D eigenvalue weighted by Crippen LogP contribution is 2.42. The van der Waals surface area contributed by atoms with Crippen molar-refractivity contribution < 1.29 is 13.9 Å². The molecule has 4 aromatic carbocycles. The summed E-state index contributed by atoms with van der Waals surface area (Å²) in [6, 6.07) is 33.2. The van der Waals surface area contributed by atoms with Gasteiger partial charge in [0.2, 0.25) is 5.88 Å². The number of ether oxygens (including phenoxy) is 2. The van der Waals surface area contributed by atoms with Crippen LogP contribution < -0.4 is 9.47 Å². The number of nitrogens with zero attached hydrogens (tertiary/aromatic N) is 2. The van der Waals surface area contributed by atoms with Crippen LogP contribution in [0.3, 0.4) is 0 Å². The van der Waals surface area contributed by atoms with Gasteiger partial charge in [0, 0.05) is 27.9 Å². The van der Waals surface area contributed by atoms with Gasteiger partial charge in [0.15, 0.2) is 11.5 Å². The van der Waals surface area contributed by atoms with Crippen molar-refractivity contribution in [1.29, 1.82) is 5.26 Å². The average molecular weight is 659 g/mol. The highest BCUT2D eigenvalue weighted by molar-refractivity contribution is 14.1. The summed E-state index contributed by atoms with van der Waals surface area (Å²) in [5, 5.41) is 10.8. The summed E-state index contributed by atoms with van der Waals surface area (Å²) in [7, 11) is 0. The van der Waals surface area contributed by atoms with Gasteiger partial charge in [-0.05, 0) is 58.8 Å². The molecule has 0 amide bonds. The third-order valence-corrected chi connectivity index (χ3v) is 7.26. The predicted molar refractivity (Wildman–Crippen MR) is 168 cm³/mol. The Morgan fingerprint density at radius 1 is 0.925 bits per heavy atom. The van der Waals surface area contributed by atoms with Gasteiger partial charge >= 0.3 is 0 Å². The van der Waals surface area contributed by atoms with Gasteiger partial charge in [0.25, 0.3) is 0 Å². The van der Waals surface area contributed by atoms with E-state index < -0.39 is 0 Å². The van der Waals surface area contributed by atoms with E-state index in [1.54, 1.807) is 6.21 Å². The van der Waals surface area contributed by atoms with E-state index >= 15 is 0 Å². The van der Waals surface area contributed by atoms with Crippen LogP contribution in [-0.4, -0.2) is 12.8 Å². The molecule has 5 rings (SSSR count). The molecule has 5 nitrogen and oxygen atoms in total. The highest BCUT2D eigenvalue weighted by Gasteiger charge is 2.22. The summed E-state index contributed by atoms with van der Waals surface area (Å²) < 4.78 is 19.1. The number of aliphatic imine (C=N–C) groups is 1. The van der Waals surface area contributed by atoms with Crippen LogP contribution in [0.2, 0.25) is 5.02 Å². The summed E-state index contributed by atoms with van der Waals surface area (Å²) >= 11 is 8.53. The maximum atomic E-state index is 10.2. The minimum absolute atomic E-state index is 0.243. The van der Waals surface area contributed by atoms with E-state index in [1.165, 1.54) is 0 Å². The molecule has 0 unspecified atom stereocenters. The van der Waals surface area contributed by atoms with E-state index in [4.69, 9.17) is 25.5 Å². The fourth-order valence-corrected chi connectivity index (χ4v) is 5.22. The molecule has 0 N–H and O–H groups in total. The van der Waals surface area contributed by atoms with Gasteiger partial charge in [-0.1, -0.05) is 90.5 Å². The van der Waals surface area contributed by atoms with Gasteiger partial charge in [-0.3, -0.25) is 0 Å². The Hall–Kier alpha value is -4.06. The lowest BCUT2D eigenvalue weighted by Crippen LogP contribution is -2.03. The topological polar surface area (TPSA) is 67.8 Å². The van der Waals surface area contributed by atoms with Crippen molar-refractivity contribution in [2.75, 3.05) is 6.61 Å². The Kier molecular flexibility index (Phi) is 8.84. The second-order valence-corrected chi connectivity index (χ2v) is 10.3. The molecular weight excluding hydrogens is 635 g/mol. The van der Waals surface area contributed by atoms with Gasteiger partial charge in [-0.2, -0.15) is 5.26 Å². The number of hydrogen-bond donors (Lipinski definition) is 0. The molecule has 0 bridgehead atoms. The van der Waals surface area contributed by atoms with Crippen molar-refractivity contribution in [3.8, 4) is 40.0 Å². The smallest absolute Gasteiger partial charge is 0.238 e. The molecule has 5 aromatic rings. The van der Waals surface area contributed by atoms with Crippen LogP contribution >= 0.6 is 34.2 Å². The van der Waals surface area contributed by atoms with Crippen molar-refractivity contribution >= 4 is 46.3 Å². The van der Waals surface area contributed by atoms with Crippen molar-refractivity contribution in [2.24, 2.45) is 4.99 Å². The normalized spacial score (nSPS) is 10.9. The first-order chi connectivity index (χ1) is 19.6. The molecule has 40 heavy (non-hydrogen) atoms. The monoisotopic (exact) mass is 658 g/mol. The number of nitriles is 1. The summed E-state index contributed by atoms with van der Waals surface area (Å²) in [4.78, 5) is 4.63. The molecule has 0 aliphatic heterocycles. The van der Waals surface area contributed by atoms with Gasteiger partial charge in [0.05, 0.1) is 10.2 Å². The SMILES string of the molecule is CCOc1cc(C=Nc2oc(-c3ccccc3)c(-c3ccccc3)c2C#N)cc(I)c1OCc1ccccc1Cl. The lowest BCUT2D eigenvalue weighted by Gasteiger charge is -2.15. The number of rotatable bonds is 9. The standard InChI is InChI=1S/C33H24ClIN2O3/c1-2-38-29-18-22(17-28(35)32(29)39-21-25-15-9-10-16-27(25)34)20-37-33-26(19-36)30(23-11-5-3-6-12-23)31(40-33)24-13-7-4-8-14-24/h3-18,20H,2,21H2,1H3. The van der Waals surface area contributed by atoms with E-state index in [0.29, 0.717) is 46.6 Å². The van der Waals surface area contributed by atoms with Crippen LogP contribution in [0.5, 0.6) is 11.5 Å². The van der Waals surface area contributed by atoms with E-state index in [-0.39, 0.29) is 5.88 Å². The van der Waals surface area contributed by atoms with Crippen molar-refractivity contribution in [2.45, 2.75) is 13.5 Å². The zero-order valence-electron chi connectivity index (χ0n) is 21.6. The molecule has 7 heteroatoms. The maximum Gasteiger partial charge on any atom is 0.238 e. The lowest BCUT2D eigenvalue weighted by molar-refractivity contribution is 0.267. The number of furan rings is 1. The Balaban J connectivity index is 1.51. The first-order valence-corrected chi connectivity index (χ1v) is 14.1. The minimum atomic E-state index is 0.243. The van der Waals surface area contributed by atoms with E-state index in [1.807, 2.05) is 104 Å². The zero-order valence-corrected chi connectivity index (χ0v) is 24.5. The molecule has 0 aliphatic carbocycles. The highest BCUT2D eigenvalue weighted by atomic mass is 127. The molecule has 0 spiro atoms. The van der Waals surface area contributed by atoms with Crippen LogP contribution in [0.4, 0.5) is 5.88 Å². The number of halogens is 2. The molecule has 198 valence electrons. The largest absolute Gasteiger partial charge is 0.490 e. The maximum absolute atomic E-state index is 10.2. The first-order valence-electron chi connectivity index (χ1n) is 12.6. The Morgan fingerprint density at radius 3 is 2.27 bits per heavy atom. The van der Waals surface area contributed by atoms with Crippen LogP contribution in [-0.2, 0) is 6.61 Å². The average Bonchev–Trinajstić information content (AvgIpc) is 3.36. The first kappa shape index (κ1) is 27.5. The number of benzene rings is 4. The second-order valence-electron chi connectivity index (χ2n) is 8.73.